The molecule has 2 rings (SSSR count). The van der Waals surface area contributed by atoms with Gasteiger partial charge in [0.15, 0.2) is 11.5 Å². The Kier molecular flexibility index (Phi) is 12.8. The standard InChI is InChI=1S/C26H35ClN4O7S/c1-5-6-7-8-9-10-11-37-20-14-23(29-17(3)33)26(24(15-20)30-18(4)34)38-39(36)31-19-12-21(27)25(35)22(13-19)28-16(2)32/h12-15,31,35H,5-11H2,1-4H3,(H,28,32)(H,29,33)(H,30,34). The van der Waals surface area contributed by atoms with E-state index in [0.29, 0.717) is 12.4 Å². The predicted molar refractivity (Wildman–Crippen MR) is 154 cm³/mol. The van der Waals surface area contributed by atoms with Crippen LogP contribution < -0.4 is 29.6 Å². The van der Waals surface area contributed by atoms with Crippen molar-refractivity contribution >= 4 is 63.3 Å². The highest BCUT2D eigenvalue weighted by Crippen LogP contribution is 2.40. The summed E-state index contributed by atoms with van der Waals surface area (Å²) in [6.07, 6.45) is 6.54. The molecule has 0 aromatic heterocycles. The first kappa shape index (κ1) is 31.7. The lowest BCUT2D eigenvalue weighted by Crippen LogP contribution is -2.17. The second-order valence-electron chi connectivity index (χ2n) is 8.78. The van der Waals surface area contributed by atoms with Gasteiger partial charge in [0.1, 0.15) is 5.75 Å². The number of carbonyl (C=O) groups excluding carboxylic acids is 3. The molecule has 2 aromatic carbocycles. The monoisotopic (exact) mass is 582 g/mol. The quantitative estimate of drug-likeness (QED) is 0.102. The molecule has 0 aliphatic heterocycles. The van der Waals surface area contributed by atoms with Crippen molar-refractivity contribution < 1.29 is 32.6 Å². The van der Waals surface area contributed by atoms with E-state index in [1.54, 1.807) is 0 Å². The van der Waals surface area contributed by atoms with Gasteiger partial charge in [-0.05, 0) is 18.6 Å². The lowest BCUT2D eigenvalue weighted by molar-refractivity contribution is -0.115. The number of hydrogen-bond acceptors (Lipinski definition) is 7. The number of hydrogen-bond donors (Lipinski definition) is 5. The third-order valence-electron chi connectivity index (χ3n) is 5.18. The van der Waals surface area contributed by atoms with Crippen molar-refractivity contribution in [3.05, 3.63) is 29.3 Å². The SMILES string of the molecule is CCCCCCCCOc1cc(NC(C)=O)c(OS(=O)Nc2cc(Cl)c(O)c(NC(C)=O)c2)c(NC(C)=O)c1. The molecule has 0 spiro atoms. The number of phenolic OH excluding ortho intramolecular Hbond substituents is 1. The summed E-state index contributed by atoms with van der Waals surface area (Å²) < 4.78 is 26.9. The third kappa shape index (κ3) is 11.0. The third-order valence-corrected chi connectivity index (χ3v) is 6.19. The van der Waals surface area contributed by atoms with Gasteiger partial charge in [-0.3, -0.25) is 19.1 Å². The number of rotatable bonds is 15. The van der Waals surface area contributed by atoms with Gasteiger partial charge in [-0.1, -0.05) is 50.6 Å². The fourth-order valence-electron chi connectivity index (χ4n) is 3.55. The van der Waals surface area contributed by atoms with E-state index in [4.69, 9.17) is 20.5 Å². The minimum absolute atomic E-state index is 0.000707. The van der Waals surface area contributed by atoms with Gasteiger partial charge in [-0.25, -0.2) is 0 Å². The van der Waals surface area contributed by atoms with Crippen molar-refractivity contribution in [1.82, 2.24) is 0 Å². The highest BCUT2D eigenvalue weighted by molar-refractivity contribution is 7.82. The Bertz CT molecular complexity index is 1170. The van der Waals surface area contributed by atoms with Crippen molar-refractivity contribution in [2.45, 2.75) is 66.2 Å². The Balaban J connectivity index is 2.27. The molecule has 0 bridgehead atoms. The second-order valence-corrected chi connectivity index (χ2v) is 10.0. The largest absolute Gasteiger partial charge is 0.504 e. The van der Waals surface area contributed by atoms with Crippen LogP contribution in [0.2, 0.25) is 5.02 Å². The zero-order valence-corrected chi connectivity index (χ0v) is 24.0. The average Bonchev–Trinajstić information content (AvgIpc) is 2.82. The Morgan fingerprint density at radius 3 is 1.95 bits per heavy atom. The number of ether oxygens (including phenoxy) is 1. The van der Waals surface area contributed by atoms with Crippen LogP contribution in [0.4, 0.5) is 22.7 Å². The molecular weight excluding hydrogens is 548 g/mol. The molecule has 5 N–H and O–H groups in total. The second kappa shape index (κ2) is 15.8. The van der Waals surface area contributed by atoms with E-state index in [0.717, 1.165) is 19.3 Å². The van der Waals surface area contributed by atoms with Crippen LogP contribution in [0, 0.1) is 0 Å². The van der Waals surface area contributed by atoms with Crippen LogP contribution in [0.15, 0.2) is 24.3 Å². The predicted octanol–water partition coefficient (Wildman–Crippen LogP) is 5.73. The van der Waals surface area contributed by atoms with E-state index >= 15 is 0 Å². The molecule has 11 nitrogen and oxygen atoms in total. The van der Waals surface area contributed by atoms with Gasteiger partial charge in [-0.15, -0.1) is 0 Å². The highest BCUT2D eigenvalue weighted by atomic mass is 35.5. The molecular formula is C26H35ClN4O7S. The maximum Gasteiger partial charge on any atom is 0.316 e. The first-order chi connectivity index (χ1) is 18.5. The minimum Gasteiger partial charge on any atom is -0.504 e. The molecule has 0 radical (unpaired) electrons. The van der Waals surface area contributed by atoms with E-state index in [-0.39, 0.29) is 39.3 Å². The number of carbonyl (C=O) groups is 3. The van der Waals surface area contributed by atoms with E-state index in [1.807, 2.05) is 0 Å². The molecule has 13 heteroatoms. The summed E-state index contributed by atoms with van der Waals surface area (Å²) >= 11 is 3.75. The highest BCUT2D eigenvalue weighted by Gasteiger charge is 2.20. The lowest BCUT2D eigenvalue weighted by atomic mass is 10.1. The van der Waals surface area contributed by atoms with E-state index in [2.05, 4.69) is 27.6 Å². The van der Waals surface area contributed by atoms with Gasteiger partial charge in [0, 0.05) is 32.9 Å². The molecule has 0 saturated heterocycles. The number of halogens is 1. The smallest absolute Gasteiger partial charge is 0.316 e. The van der Waals surface area contributed by atoms with Gasteiger partial charge in [0.05, 0.1) is 34.4 Å². The summed E-state index contributed by atoms with van der Waals surface area (Å²) in [5, 5.41) is 17.6. The summed E-state index contributed by atoms with van der Waals surface area (Å²) in [5.41, 5.74) is 0.411. The molecule has 1 atom stereocenters. The number of aromatic hydroxyl groups is 1. The molecule has 214 valence electrons. The van der Waals surface area contributed by atoms with Crippen LogP contribution >= 0.6 is 11.6 Å². The van der Waals surface area contributed by atoms with Gasteiger partial charge in [0.2, 0.25) is 17.7 Å². The summed E-state index contributed by atoms with van der Waals surface area (Å²) in [5.74, 6) is -1.36. The van der Waals surface area contributed by atoms with Crippen LogP contribution in [-0.2, 0) is 25.7 Å². The Labute approximate surface area is 235 Å². The molecule has 0 aliphatic carbocycles. The number of nitrogens with one attached hydrogen (secondary N) is 4. The van der Waals surface area contributed by atoms with Crippen LogP contribution in [0.5, 0.6) is 17.2 Å². The molecule has 2 aromatic rings. The first-order valence-electron chi connectivity index (χ1n) is 12.5. The van der Waals surface area contributed by atoms with Crippen molar-refractivity contribution in [3.8, 4) is 17.2 Å². The minimum atomic E-state index is -2.27. The van der Waals surface area contributed by atoms with E-state index < -0.39 is 29.0 Å². The maximum atomic E-state index is 12.9. The summed E-state index contributed by atoms with van der Waals surface area (Å²) in [6, 6.07) is 5.63. The van der Waals surface area contributed by atoms with Crippen molar-refractivity contribution in [3.63, 3.8) is 0 Å². The van der Waals surface area contributed by atoms with Gasteiger partial charge in [0.25, 0.3) is 0 Å². The topological polar surface area (TPSA) is 155 Å². The van der Waals surface area contributed by atoms with Crippen LogP contribution in [0.25, 0.3) is 0 Å². The number of anilines is 4. The Hall–Kier alpha value is -3.51. The normalized spacial score (nSPS) is 11.3. The number of benzene rings is 2. The average molecular weight is 583 g/mol. The fourth-order valence-corrected chi connectivity index (χ4v) is 4.45. The summed E-state index contributed by atoms with van der Waals surface area (Å²) in [7, 11) is 0. The van der Waals surface area contributed by atoms with Crippen molar-refractivity contribution in [2.75, 3.05) is 27.3 Å². The zero-order valence-electron chi connectivity index (χ0n) is 22.4. The molecule has 1 unspecified atom stereocenters. The van der Waals surface area contributed by atoms with Crippen molar-refractivity contribution in [1.29, 1.82) is 0 Å². The van der Waals surface area contributed by atoms with Crippen LogP contribution in [-0.4, -0.2) is 33.6 Å². The molecule has 0 heterocycles. The summed E-state index contributed by atoms with van der Waals surface area (Å²) in [6.45, 7) is 6.44. The molecule has 39 heavy (non-hydrogen) atoms. The first-order valence-corrected chi connectivity index (χ1v) is 14.0. The fraction of sp³-hybridized carbons (Fsp3) is 0.423. The molecule has 0 saturated carbocycles. The summed E-state index contributed by atoms with van der Waals surface area (Å²) in [4.78, 5) is 35.2. The Morgan fingerprint density at radius 1 is 0.846 bits per heavy atom. The number of amides is 3. The number of phenols is 1. The van der Waals surface area contributed by atoms with Gasteiger partial charge >= 0.3 is 11.3 Å². The lowest BCUT2D eigenvalue weighted by Gasteiger charge is -2.18. The Morgan fingerprint density at radius 2 is 1.38 bits per heavy atom. The van der Waals surface area contributed by atoms with Crippen LogP contribution in [0.1, 0.15) is 66.2 Å². The van der Waals surface area contributed by atoms with Crippen LogP contribution in [0.3, 0.4) is 0 Å². The van der Waals surface area contributed by atoms with Gasteiger partial charge < -0.3 is 30.0 Å². The molecule has 0 aliphatic rings. The maximum absolute atomic E-state index is 12.9. The molecule has 0 fully saturated rings. The molecule has 3 amide bonds. The number of unbranched alkanes of at least 4 members (excludes halogenated alkanes) is 5. The zero-order chi connectivity index (χ0) is 28.9. The van der Waals surface area contributed by atoms with E-state index in [1.165, 1.54) is 64.3 Å². The van der Waals surface area contributed by atoms with Crippen molar-refractivity contribution in [2.24, 2.45) is 0 Å². The van der Waals surface area contributed by atoms with Gasteiger partial charge in [-0.2, -0.15) is 4.21 Å². The van der Waals surface area contributed by atoms with E-state index in [9.17, 15) is 23.7 Å².